The van der Waals surface area contributed by atoms with Crippen LogP contribution in [0.4, 0.5) is 4.79 Å². The lowest BCUT2D eigenvalue weighted by Crippen LogP contribution is -2.53. The molecule has 0 bridgehead atoms. The molecule has 3 aliphatic heterocycles. The number of nitrogens with one attached hydrogen (secondary N) is 1. The summed E-state index contributed by atoms with van der Waals surface area (Å²) >= 11 is 0. The second-order valence-corrected chi connectivity index (χ2v) is 8.55. The first-order valence-electron chi connectivity index (χ1n) is 10.1. The number of carbonyl (C=O) groups excluding carboxylic acids is 1. The van der Waals surface area contributed by atoms with E-state index < -0.39 is 0 Å². The van der Waals surface area contributed by atoms with E-state index in [4.69, 9.17) is 4.74 Å². The highest BCUT2D eigenvalue weighted by atomic mass is 16.5. The molecule has 0 aromatic heterocycles. The van der Waals surface area contributed by atoms with Crippen LogP contribution in [-0.4, -0.2) is 67.3 Å². The summed E-state index contributed by atoms with van der Waals surface area (Å²) in [7, 11) is 0. The molecule has 0 radical (unpaired) electrons. The summed E-state index contributed by atoms with van der Waals surface area (Å²) in [5.41, 5.74) is 0.262. The van der Waals surface area contributed by atoms with Crippen molar-refractivity contribution in [3.63, 3.8) is 0 Å². The Balaban J connectivity index is 1.27. The molecule has 4 rings (SSSR count). The van der Waals surface area contributed by atoms with E-state index in [1.807, 2.05) is 4.90 Å². The molecular weight excluding hydrogens is 302 g/mol. The average Bonchev–Trinajstić information content (AvgIpc) is 3.26. The predicted molar refractivity (Wildman–Crippen MR) is 94.1 cm³/mol. The maximum Gasteiger partial charge on any atom is 0.317 e. The molecule has 2 unspecified atom stereocenters. The molecule has 1 aliphatic carbocycles. The topological polar surface area (TPSA) is 44.8 Å². The molecule has 0 aromatic rings. The molecular formula is C19H33N3O2. The largest absolute Gasteiger partial charge is 0.381 e. The van der Waals surface area contributed by atoms with Crippen molar-refractivity contribution in [1.82, 2.24) is 15.1 Å². The Morgan fingerprint density at radius 2 is 1.92 bits per heavy atom. The van der Waals surface area contributed by atoms with Gasteiger partial charge in [-0.15, -0.1) is 0 Å². The zero-order valence-corrected chi connectivity index (χ0v) is 15.0. The zero-order valence-electron chi connectivity index (χ0n) is 15.0. The van der Waals surface area contributed by atoms with Crippen LogP contribution in [0, 0.1) is 5.41 Å². The monoisotopic (exact) mass is 335 g/mol. The maximum atomic E-state index is 12.7. The van der Waals surface area contributed by atoms with Gasteiger partial charge in [0, 0.05) is 43.7 Å². The van der Waals surface area contributed by atoms with Crippen molar-refractivity contribution in [2.24, 2.45) is 5.41 Å². The Morgan fingerprint density at radius 3 is 2.71 bits per heavy atom. The number of piperidine rings is 1. The predicted octanol–water partition coefficient (Wildman–Crippen LogP) is 2.61. The second kappa shape index (κ2) is 7.20. The minimum absolute atomic E-state index is 0.161. The summed E-state index contributed by atoms with van der Waals surface area (Å²) in [5.74, 6) is 0. The van der Waals surface area contributed by atoms with E-state index in [0.29, 0.717) is 6.04 Å². The maximum absolute atomic E-state index is 12.7. The molecule has 1 spiro atoms. The molecule has 5 heteroatoms. The van der Waals surface area contributed by atoms with E-state index in [0.717, 1.165) is 58.2 Å². The van der Waals surface area contributed by atoms with Crippen molar-refractivity contribution in [3.8, 4) is 0 Å². The van der Waals surface area contributed by atoms with Crippen molar-refractivity contribution in [2.45, 2.75) is 69.9 Å². The SMILES string of the molecule is O=C(NC1CCCN(C2CCCCC2)C1)N1CCC2(CCOC2)C1. The molecule has 3 heterocycles. The Hall–Kier alpha value is -0.810. The van der Waals surface area contributed by atoms with Crippen molar-refractivity contribution < 1.29 is 9.53 Å². The van der Waals surface area contributed by atoms with Crippen LogP contribution in [0.3, 0.4) is 0 Å². The van der Waals surface area contributed by atoms with Gasteiger partial charge < -0.3 is 15.0 Å². The third-order valence-corrected chi connectivity index (χ3v) is 6.78. The van der Waals surface area contributed by atoms with Gasteiger partial charge in [-0.2, -0.15) is 0 Å². The first kappa shape index (κ1) is 16.6. The van der Waals surface area contributed by atoms with Crippen LogP contribution in [-0.2, 0) is 4.74 Å². The lowest BCUT2D eigenvalue weighted by Gasteiger charge is -2.40. The number of likely N-dealkylation sites (tertiary alicyclic amines) is 2. The third-order valence-electron chi connectivity index (χ3n) is 6.78. The highest BCUT2D eigenvalue weighted by Gasteiger charge is 2.43. The van der Waals surface area contributed by atoms with E-state index in [9.17, 15) is 4.79 Å². The van der Waals surface area contributed by atoms with Crippen molar-refractivity contribution in [2.75, 3.05) is 39.4 Å². The molecule has 136 valence electrons. The molecule has 3 saturated heterocycles. The number of amides is 2. The van der Waals surface area contributed by atoms with Crippen LogP contribution in [0.15, 0.2) is 0 Å². The number of ether oxygens (including phenoxy) is 1. The summed E-state index contributed by atoms with van der Waals surface area (Å²) < 4.78 is 5.58. The van der Waals surface area contributed by atoms with E-state index in [1.54, 1.807) is 0 Å². The van der Waals surface area contributed by atoms with Gasteiger partial charge in [0.1, 0.15) is 0 Å². The fourth-order valence-electron chi connectivity index (χ4n) is 5.25. The van der Waals surface area contributed by atoms with Crippen molar-refractivity contribution in [1.29, 1.82) is 0 Å². The van der Waals surface area contributed by atoms with E-state index in [-0.39, 0.29) is 11.4 Å². The minimum atomic E-state index is 0.161. The van der Waals surface area contributed by atoms with Crippen LogP contribution in [0.5, 0.6) is 0 Å². The van der Waals surface area contributed by atoms with Crippen LogP contribution in [0.1, 0.15) is 57.8 Å². The van der Waals surface area contributed by atoms with Gasteiger partial charge in [0.25, 0.3) is 0 Å². The molecule has 2 atom stereocenters. The fraction of sp³-hybridized carbons (Fsp3) is 0.947. The van der Waals surface area contributed by atoms with Gasteiger partial charge in [-0.05, 0) is 45.1 Å². The van der Waals surface area contributed by atoms with Gasteiger partial charge in [-0.1, -0.05) is 19.3 Å². The van der Waals surface area contributed by atoms with Crippen LogP contribution < -0.4 is 5.32 Å². The number of hydrogen-bond acceptors (Lipinski definition) is 3. The number of urea groups is 1. The molecule has 0 aromatic carbocycles. The number of hydrogen-bond donors (Lipinski definition) is 1. The molecule has 4 aliphatic rings. The normalized spacial score (nSPS) is 35.7. The average molecular weight is 335 g/mol. The Bertz CT molecular complexity index is 444. The summed E-state index contributed by atoms with van der Waals surface area (Å²) in [6, 6.07) is 1.27. The highest BCUT2D eigenvalue weighted by Crippen LogP contribution is 2.38. The molecule has 4 fully saturated rings. The van der Waals surface area contributed by atoms with E-state index in [2.05, 4.69) is 10.2 Å². The Kier molecular flexibility index (Phi) is 5.00. The van der Waals surface area contributed by atoms with Crippen molar-refractivity contribution >= 4 is 6.03 Å². The number of rotatable bonds is 2. The summed E-state index contributed by atoms with van der Waals surface area (Å²) in [4.78, 5) is 17.4. The molecule has 1 N–H and O–H groups in total. The number of carbonyl (C=O) groups is 1. The van der Waals surface area contributed by atoms with Crippen LogP contribution in [0.2, 0.25) is 0 Å². The smallest absolute Gasteiger partial charge is 0.317 e. The van der Waals surface area contributed by atoms with Gasteiger partial charge in [0.05, 0.1) is 6.61 Å². The van der Waals surface area contributed by atoms with Gasteiger partial charge >= 0.3 is 6.03 Å². The van der Waals surface area contributed by atoms with Gasteiger partial charge in [0.15, 0.2) is 0 Å². The molecule has 24 heavy (non-hydrogen) atoms. The lowest BCUT2D eigenvalue weighted by atomic mass is 9.87. The fourth-order valence-corrected chi connectivity index (χ4v) is 5.25. The van der Waals surface area contributed by atoms with Crippen LogP contribution >= 0.6 is 0 Å². The Morgan fingerprint density at radius 1 is 1.04 bits per heavy atom. The van der Waals surface area contributed by atoms with E-state index in [1.165, 1.54) is 45.1 Å². The second-order valence-electron chi connectivity index (χ2n) is 8.55. The minimum Gasteiger partial charge on any atom is -0.381 e. The third kappa shape index (κ3) is 3.57. The Labute approximate surface area is 146 Å². The molecule has 2 amide bonds. The van der Waals surface area contributed by atoms with Gasteiger partial charge in [-0.25, -0.2) is 4.79 Å². The molecule has 5 nitrogen and oxygen atoms in total. The quantitative estimate of drug-likeness (QED) is 0.844. The highest BCUT2D eigenvalue weighted by molar-refractivity contribution is 5.75. The standard InChI is InChI=1S/C19H33N3O2/c23-18(22-11-8-19(14-22)9-12-24-15-19)20-16-5-4-10-21(13-16)17-6-2-1-3-7-17/h16-17H,1-15H2,(H,20,23). The summed E-state index contributed by atoms with van der Waals surface area (Å²) in [6.45, 7) is 5.77. The van der Waals surface area contributed by atoms with Gasteiger partial charge in [-0.3, -0.25) is 4.90 Å². The summed E-state index contributed by atoms with van der Waals surface area (Å²) in [5, 5.41) is 3.34. The lowest BCUT2D eigenvalue weighted by molar-refractivity contribution is 0.108. The zero-order chi connectivity index (χ0) is 16.4. The summed E-state index contributed by atoms with van der Waals surface area (Å²) in [6.07, 6.45) is 11.5. The van der Waals surface area contributed by atoms with Crippen LogP contribution in [0.25, 0.3) is 0 Å². The van der Waals surface area contributed by atoms with Crippen molar-refractivity contribution in [3.05, 3.63) is 0 Å². The van der Waals surface area contributed by atoms with Gasteiger partial charge in [0.2, 0.25) is 0 Å². The number of nitrogens with zero attached hydrogens (tertiary/aromatic N) is 2. The molecule has 1 saturated carbocycles. The first-order valence-corrected chi connectivity index (χ1v) is 10.1. The van der Waals surface area contributed by atoms with E-state index >= 15 is 0 Å². The first-order chi connectivity index (χ1) is 11.7.